The van der Waals surface area contributed by atoms with Gasteiger partial charge in [0.15, 0.2) is 0 Å². The van der Waals surface area contributed by atoms with Crippen molar-refractivity contribution in [3.05, 3.63) is 0 Å². The first-order valence-corrected chi connectivity index (χ1v) is 11.2. The van der Waals surface area contributed by atoms with Gasteiger partial charge in [-0.3, -0.25) is 9.59 Å². The van der Waals surface area contributed by atoms with Crippen molar-refractivity contribution < 1.29 is 19.8 Å². The Balaban J connectivity index is 1.99. The van der Waals surface area contributed by atoms with Crippen molar-refractivity contribution in [2.75, 3.05) is 0 Å². The molecule has 3 aliphatic rings. The molecule has 0 radical (unpaired) electrons. The molecular weight excluding hydrogens is 356 g/mol. The highest BCUT2D eigenvalue weighted by molar-refractivity contribution is 6.04. The molecule has 2 unspecified atom stereocenters. The highest BCUT2D eigenvalue weighted by atomic mass is 16.3. The van der Waals surface area contributed by atoms with Crippen LogP contribution < -0.4 is 5.73 Å². The van der Waals surface area contributed by atoms with Crippen molar-refractivity contribution in [2.45, 2.75) is 121 Å². The molecule has 3 aliphatic carbocycles. The lowest BCUT2D eigenvalue weighted by molar-refractivity contribution is -0.169. The summed E-state index contributed by atoms with van der Waals surface area (Å²) in [6, 6.07) is -0.916. The Kier molecular flexibility index (Phi) is 6.12. The van der Waals surface area contributed by atoms with E-state index in [1.165, 1.54) is 0 Å². The maximum atomic E-state index is 13.9. The Morgan fingerprint density at radius 2 is 1.11 bits per heavy atom. The summed E-state index contributed by atoms with van der Waals surface area (Å²) in [7, 11) is 0. The van der Waals surface area contributed by atoms with E-state index in [1.807, 2.05) is 13.8 Å². The Morgan fingerprint density at radius 3 is 1.46 bits per heavy atom. The van der Waals surface area contributed by atoms with Gasteiger partial charge >= 0.3 is 0 Å². The Bertz CT molecular complexity index is 559. The van der Waals surface area contributed by atoms with Crippen LogP contribution in [0.4, 0.5) is 0 Å². The summed E-state index contributed by atoms with van der Waals surface area (Å²) >= 11 is 0. The predicted octanol–water partition coefficient (Wildman–Crippen LogP) is 2.64. The van der Waals surface area contributed by atoms with Crippen LogP contribution in [-0.4, -0.2) is 50.2 Å². The molecule has 0 bridgehead atoms. The van der Waals surface area contributed by atoms with Crippen LogP contribution in [0.15, 0.2) is 0 Å². The fourth-order valence-corrected chi connectivity index (χ4v) is 5.98. The number of hydrogen-bond acceptors (Lipinski definition) is 4. The summed E-state index contributed by atoms with van der Waals surface area (Å²) in [6.45, 7) is 3.77. The predicted molar refractivity (Wildman–Crippen MR) is 107 cm³/mol. The molecular formula is C22H38N2O4. The number of hydrogen-bond donors (Lipinski definition) is 3. The van der Waals surface area contributed by atoms with Crippen molar-refractivity contribution >= 4 is 11.8 Å². The minimum Gasteiger partial charge on any atom is -0.388 e. The third-order valence-corrected chi connectivity index (χ3v) is 8.15. The first-order chi connectivity index (χ1) is 13.2. The van der Waals surface area contributed by atoms with Gasteiger partial charge in [-0.15, -0.1) is 0 Å². The van der Waals surface area contributed by atoms with Crippen molar-refractivity contribution in [3.63, 3.8) is 0 Å². The third kappa shape index (κ3) is 3.58. The van der Waals surface area contributed by atoms with E-state index in [-0.39, 0.29) is 5.91 Å². The summed E-state index contributed by atoms with van der Waals surface area (Å²) < 4.78 is 0. The summed E-state index contributed by atoms with van der Waals surface area (Å²) in [5.41, 5.74) is 2.67. The number of nitrogens with zero attached hydrogens (tertiary/aromatic N) is 1. The first-order valence-electron chi connectivity index (χ1n) is 11.2. The molecule has 2 amide bonds. The van der Waals surface area contributed by atoms with Crippen molar-refractivity contribution in [2.24, 2.45) is 11.1 Å². The molecule has 0 aromatic rings. The van der Waals surface area contributed by atoms with Crippen LogP contribution >= 0.6 is 0 Å². The minimum atomic E-state index is -1.20. The van der Waals surface area contributed by atoms with Gasteiger partial charge in [-0.1, -0.05) is 44.9 Å². The lowest BCUT2D eigenvalue weighted by Crippen LogP contribution is -2.65. The molecule has 6 heteroatoms. The van der Waals surface area contributed by atoms with E-state index in [1.54, 1.807) is 4.90 Å². The molecule has 160 valence electrons. The Morgan fingerprint density at radius 1 is 0.750 bits per heavy atom. The fourth-order valence-electron chi connectivity index (χ4n) is 5.98. The molecule has 3 rings (SSSR count). The summed E-state index contributed by atoms with van der Waals surface area (Å²) in [5, 5.41) is 22.6. The molecule has 4 N–H and O–H groups in total. The molecule has 0 aromatic carbocycles. The molecule has 2 atom stereocenters. The van der Waals surface area contributed by atoms with Gasteiger partial charge in [0.25, 0.3) is 0 Å². The molecule has 6 nitrogen and oxygen atoms in total. The molecule has 3 saturated carbocycles. The molecule has 0 saturated heterocycles. The number of carbonyl (C=O) groups excluding carboxylic acids is 2. The molecule has 0 spiro atoms. The lowest BCUT2D eigenvalue weighted by Gasteiger charge is -2.50. The summed E-state index contributed by atoms with van der Waals surface area (Å²) in [5.74, 6) is -0.834. The number of nitrogens with two attached hydrogens (primary N) is 1. The van der Waals surface area contributed by atoms with Crippen LogP contribution in [0.25, 0.3) is 0 Å². The van der Waals surface area contributed by atoms with Gasteiger partial charge in [0.05, 0.1) is 23.3 Å². The highest BCUT2D eigenvalue weighted by Crippen LogP contribution is 2.44. The molecule has 0 heterocycles. The van der Waals surface area contributed by atoms with E-state index in [2.05, 4.69) is 0 Å². The maximum absolute atomic E-state index is 13.9. The van der Waals surface area contributed by atoms with Gasteiger partial charge < -0.3 is 20.8 Å². The van der Waals surface area contributed by atoms with Crippen molar-refractivity contribution in [3.8, 4) is 0 Å². The van der Waals surface area contributed by atoms with Crippen LogP contribution in [0.5, 0.6) is 0 Å². The summed E-state index contributed by atoms with van der Waals surface area (Å²) in [4.78, 5) is 28.1. The number of aliphatic hydroxyl groups is 2. The average Bonchev–Trinajstić information content (AvgIpc) is 3.32. The second-order valence-corrected chi connectivity index (χ2v) is 9.69. The van der Waals surface area contributed by atoms with E-state index in [9.17, 15) is 19.8 Å². The average molecular weight is 395 g/mol. The van der Waals surface area contributed by atoms with Gasteiger partial charge in [0.2, 0.25) is 11.8 Å². The van der Waals surface area contributed by atoms with Crippen LogP contribution in [0.3, 0.4) is 0 Å². The first kappa shape index (κ1) is 21.6. The lowest BCUT2D eigenvalue weighted by atomic mass is 9.71. The highest BCUT2D eigenvalue weighted by Gasteiger charge is 2.55. The monoisotopic (exact) mass is 394 g/mol. The zero-order valence-electron chi connectivity index (χ0n) is 17.6. The number of rotatable bonds is 6. The van der Waals surface area contributed by atoms with Crippen LogP contribution in [0.2, 0.25) is 0 Å². The van der Waals surface area contributed by atoms with Crippen LogP contribution in [-0.2, 0) is 9.59 Å². The zero-order chi connectivity index (χ0) is 20.6. The van der Waals surface area contributed by atoms with Crippen LogP contribution in [0.1, 0.15) is 97.3 Å². The van der Waals surface area contributed by atoms with Gasteiger partial charge in [-0.25, -0.2) is 0 Å². The molecule has 0 aromatic heterocycles. The van der Waals surface area contributed by atoms with Gasteiger partial charge in [-0.05, 0) is 52.4 Å². The van der Waals surface area contributed by atoms with Crippen molar-refractivity contribution in [1.82, 2.24) is 4.90 Å². The number of amides is 2. The topological polar surface area (TPSA) is 104 Å². The normalized spacial score (nSPS) is 27.9. The fraction of sp³-hybridized carbons (Fsp3) is 0.909. The maximum Gasteiger partial charge on any atom is 0.238 e. The SMILES string of the molecule is CC(N(C(=O)C1(C(N)=O)CCCCC1)C(C)C1(O)CCCC1)C1(O)CCCC1. The number of carbonyl (C=O) groups is 2. The summed E-state index contributed by atoms with van der Waals surface area (Å²) in [6.07, 6.45) is 9.86. The van der Waals surface area contributed by atoms with Crippen molar-refractivity contribution in [1.29, 1.82) is 0 Å². The van der Waals surface area contributed by atoms with E-state index in [4.69, 9.17) is 5.73 Å². The smallest absolute Gasteiger partial charge is 0.238 e. The number of primary amides is 1. The van der Waals surface area contributed by atoms with Gasteiger partial charge in [0.1, 0.15) is 5.41 Å². The Hall–Kier alpha value is -1.14. The van der Waals surface area contributed by atoms with Gasteiger partial charge in [0, 0.05) is 0 Å². The van der Waals surface area contributed by atoms with E-state index in [0.717, 1.165) is 44.9 Å². The Labute approximate surface area is 168 Å². The third-order valence-electron chi connectivity index (χ3n) is 8.15. The minimum absolute atomic E-state index is 0.277. The molecule has 0 aliphatic heterocycles. The molecule has 28 heavy (non-hydrogen) atoms. The standard InChI is InChI=1S/C22H38N2O4/c1-16(21(27)12-6-7-13-21)24(17(2)22(28)14-8-9-15-22)19(26)20(18(23)25)10-4-3-5-11-20/h16-17,27-28H,3-15H2,1-2H3,(H2,23,25). The van der Waals surface area contributed by atoms with E-state index >= 15 is 0 Å². The van der Waals surface area contributed by atoms with E-state index in [0.29, 0.717) is 38.5 Å². The zero-order valence-corrected chi connectivity index (χ0v) is 17.6. The second-order valence-electron chi connectivity index (χ2n) is 9.69. The molecule has 3 fully saturated rings. The van der Waals surface area contributed by atoms with Crippen LogP contribution in [0, 0.1) is 5.41 Å². The largest absolute Gasteiger partial charge is 0.388 e. The van der Waals surface area contributed by atoms with Gasteiger partial charge in [-0.2, -0.15) is 0 Å². The second kappa shape index (κ2) is 7.94. The quantitative estimate of drug-likeness (QED) is 0.602. The van der Waals surface area contributed by atoms with E-state index < -0.39 is 34.6 Å².